The molecule has 154 valence electrons. The fraction of sp³-hybridized carbons (Fsp3) is 0.739. The molecule has 4 heteroatoms. The summed E-state index contributed by atoms with van der Waals surface area (Å²) in [6.07, 6.45) is 19.6. The summed E-state index contributed by atoms with van der Waals surface area (Å²) in [6, 6.07) is 0. The minimum absolute atomic E-state index is 0.180. The molecule has 3 atom stereocenters. The minimum Gasteiger partial charge on any atom is -0.481 e. The third kappa shape index (κ3) is 10.5. The Bertz CT molecular complexity index is 484. The summed E-state index contributed by atoms with van der Waals surface area (Å²) in [4.78, 5) is 22.0. The molecular weight excluding hydrogens is 338 g/mol. The Morgan fingerprint density at radius 1 is 1.30 bits per heavy atom. The lowest BCUT2D eigenvalue weighted by Gasteiger charge is -2.16. The van der Waals surface area contributed by atoms with E-state index in [9.17, 15) is 9.59 Å². The average Bonchev–Trinajstić information content (AvgIpc) is 3.11. The van der Waals surface area contributed by atoms with Gasteiger partial charge in [-0.15, -0.1) is 0 Å². The van der Waals surface area contributed by atoms with Crippen LogP contribution in [0.4, 0.5) is 0 Å². The zero-order valence-electron chi connectivity index (χ0n) is 17.1. The molecule has 1 aliphatic carbocycles. The van der Waals surface area contributed by atoms with Crippen molar-refractivity contribution < 1.29 is 14.7 Å². The summed E-state index contributed by atoms with van der Waals surface area (Å²) in [6.45, 7) is 2.93. The summed E-state index contributed by atoms with van der Waals surface area (Å²) in [5.74, 6) is 0.566. The van der Waals surface area contributed by atoms with Gasteiger partial charge in [-0.25, -0.2) is 0 Å². The van der Waals surface area contributed by atoms with Crippen molar-refractivity contribution in [3.05, 3.63) is 23.8 Å². The highest BCUT2D eigenvalue weighted by molar-refractivity contribution is 5.66. The van der Waals surface area contributed by atoms with Crippen LogP contribution in [0.25, 0.3) is 0 Å². The third-order valence-electron chi connectivity index (χ3n) is 5.83. The van der Waals surface area contributed by atoms with Crippen molar-refractivity contribution in [1.82, 2.24) is 0 Å². The minimum atomic E-state index is -0.732. The number of hydrogen-bond acceptors (Lipinski definition) is 3. The summed E-state index contributed by atoms with van der Waals surface area (Å²) in [7, 11) is 0. The van der Waals surface area contributed by atoms with E-state index in [0.717, 1.165) is 44.9 Å². The van der Waals surface area contributed by atoms with Gasteiger partial charge in [-0.1, -0.05) is 62.8 Å². The van der Waals surface area contributed by atoms with Gasteiger partial charge in [0, 0.05) is 12.3 Å². The maximum Gasteiger partial charge on any atom is 0.303 e. The van der Waals surface area contributed by atoms with Crippen molar-refractivity contribution in [1.29, 1.82) is 0 Å². The fourth-order valence-corrected chi connectivity index (χ4v) is 4.03. The topological polar surface area (TPSA) is 80.4 Å². The summed E-state index contributed by atoms with van der Waals surface area (Å²) < 4.78 is 0. The maximum absolute atomic E-state index is 11.5. The van der Waals surface area contributed by atoms with E-state index < -0.39 is 5.97 Å². The van der Waals surface area contributed by atoms with Gasteiger partial charge in [0.15, 0.2) is 0 Å². The molecule has 0 saturated carbocycles. The third-order valence-corrected chi connectivity index (χ3v) is 5.83. The lowest BCUT2D eigenvalue weighted by atomic mass is 9.87. The number of carboxylic acid groups (broad SMARTS) is 1. The van der Waals surface area contributed by atoms with Crippen LogP contribution in [0, 0.1) is 17.8 Å². The predicted octanol–water partition coefficient (Wildman–Crippen LogP) is 5.27. The first-order valence-electron chi connectivity index (χ1n) is 10.8. The van der Waals surface area contributed by atoms with Crippen molar-refractivity contribution in [3.63, 3.8) is 0 Å². The second-order valence-corrected chi connectivity index (χ2v) is 7.92. The molecule has 4 nitrogen and oxygen atoms in total. The van der Waals surface area contributed by atoms with E-state index in [1.54, 1.807) is 0 Å². The Kier molecular flexibility index (Phi) is 12.8. The Balaban J connectivity index is 2.18. The van der Waals surface area contributed by atoms with Gasteiger partial charge in [-0.3, -0.25) is 4.79 Å². The van der Waals surface area contributed by atoms with E-state index in [-0.39, 0.29) is 12.3 Å². The maximum atomic E-state index is 11.5. The lowest BCUT2D eigenvalue weighted by Crippen LogP contribution is -2.12. The van der Waals surface area contributed by atoms with Crippen molar-refractivity contribution in [2.75, 3.05) is 6.54 Å². The molecule has 0 aromatic rings. The Morgan fingerprint density at radius 3 is 2.74 bits per heavy atom. The van der Waals surface area contributed by atoms with E-state index in [1.807, 2.05) is 6.08 Å². The molecule has 0 heterocycles. The molecule has 0 saturated heterocycles. The zero-order chi connectivity index (χ0) is 19.9. The number of carbonyl (C=O) groups is 2. The second kappa shape index (κ2) is 14.6. The Labute approximate surface area is 165 Å². The standard InChI is InChI=1S/C23H39NO3/c1-2-19(10-6-4-8-12-23(26)27)9-5-3-7-11-22(18-25)21-14-13-20(17-21)15-16-24/h4,6,17-19,21-22H,2-3,5,7-16,24H2,1H3,(H,26,27)/b6-4+/t19-,21+,22-/m1/s1. The molecule has 27 heavy (non-hydrogen) atoms. The Hall–Kier alpha value is -1.42. The van der Waals surface area contributed by atoms with Crippen LogP contribution in [-0.2, 0) is 9.59 Å². The van der Waals surface area contributed by atoms with Gasteiger partial charge in [0.25, 0.3) is 0 Å². The van der Waals surface area contributed by atoms with Gasteiger partial charge >= 0.3 is 5.97 Å². The number of carbonyl (C=O) groups excluding carboxylic acids is 1. The molecule has 1 rings (SSSR count). The number of unbranched alkanes of at least 4 members (excludes halogenated alkanes) is 2. The summed E-state index contributed by atoms with van der Waals surface area (Å²) in [5, 5.41) is 8.63. The molecule has 3 N–H and O–H groups in total. The van der Waals surface area contributed by atoms with Gasteiger partial charge in [-0.05, 0) is 56.9 Å². The lowest BCUT2D eigenvalue weighted by molar-refractivity contribution is -0.136. The molecular formula is C23H39NO3. The van der Waals surface area contributed by atoms with E-state index in [1.165, 1.54) is 31.1 Å². The van der Waals surface area contributed by atoms with Crippen molar-refractivity contribution in [2.24, 2.45) is 23.5 Å². The number of hydrogen-bond donors (Lipinski definition) is 2. The van der Waals surface area contributed by atoms with Crippen LogP contribution in [0.2, 0.25) is 0 Å². The van der Waals surface area contributed by atoms with Gasteiger partial charge in [0.2, 0.25) is 0 Å². The number of aliphatic carboxylic acids is 1. The monoisotopic (exact) mass is 377 g/mol. The highest BCUT2D eigenvalue weighted by atomic mass is 16.4. The SMILES string of the molecule is CC[C@@H](C/C=C/CCC(=O)O)CCCCC[C@H](C=O)[C@@H]1C=C(CCN)CC1. The van der Waals surface area contributed by atoms with E-state index in [2.05, 4.69) is 19.1 Å². The highest BCUT2D eigenvalue weighted by Crippen LogP contribution is 2.33. The number of rotatable bonds is 16. The van der Waals surface area contributed by atoms with Crippen LogP contribution < -0.4 is 5.73 Å². The quantitative estimate of drug-likeness (QED) is 0.218. The molecule has 1 aliphatic rings. The number of allylic oxidation sites excluding steroid dienone is 3. The summed E-state index contributed by atoms with van der Waals surface area (Å²) >= 11 is 0. The fourth-order valence-electron chi connectivity index (χ4n) is 4.03. The molecule has 0 aromatic heterocycles. The molecule has 0 radical (unpaired) electrons. The zero-order valence-corrected chi connectivity index (χ0v) is 17.1. The van der Waals surface area contributed by atoms with Gasteiger partial charge in [0.1, 0.15) is 6.29 Å². The van der Waals surface area contributed by atoms with Crippen LogP contribution >= 0.6 is 0 Å². The van der Waals surface area contributed by atoms with Crippen LogP contribution in [0.15, 0.2) is 23.8 Å². The number of aldehydes is 1. The molecule has 0 bridgehead atoms. The molecule has 0 aromatic carbocycles. The Morgan fingerprint density at radius 2 is 2.07 bits per heavy atom. The van der Waals surface area contributed by atoms with Gasteiger partial charge < -0.3 is 15.6 Å². The van der Waals surface area contributed by atoms with Crippen LogP contribution in [0.3, 0.4) is 0 Å². The van der Waals surface area contributed by atoms with Crippen LogP contribution in [0.5, 0.6) is 0 Å². The van der Waals surface area contributed by atoms with Gasteiger partial charge in [0.05, 0.1) is 0 Å². The molecule has 0 aliphatic heterocycles. The first kappa shape index (κ1) is 23.6. The highest BCUT2D eigenvalue weighted by Gasteiger charge is 2.23. The average molecular weight is 378 g/mol. The predicted molar refractivity (Wildman–Crippen MR) is 112 cm³/mol. The van der Waals surface area contributed by atoms with Crippen molar-refractivity contribution in [2.45, 2.75) is 84.0 Å². The first-order valence-corrected chi connectivity index (χ1v) is 10.8. The molecule has 0 fully saturated rings. The number of carboxylic acids is 1. The molecule has 0 unspecified atom stereocenters. The van der Waals surface area contributed by atoms with Crippen LogP contribution in [-0.4, -0.2) is 23.9 Å². The van der Waals surface area contributed by atoms with E-state index >= 15 is 0 Å². The second-order valence-electron chi connectivity index (χ2n) is 7.92. The smallest absolute Gasteiger partial charge is 0.303 e. The van der Waals surface area contributed by atoms with Crippen molar-refractivity contribution in [3.8, 4) is 0 Å². The molecule has 0 spiro atoms. The largest absolute Gasteiger partial charge is 0.481 e. The van der Waals surface area contributed by atoms with E-state index in [4.69, 9.17) is 10.8 Å². The first-order chi connectivity index (χ1) is 13.1. The van der Waals surface area contributed by atoms with Crippen molar-refractivity contribution >= 4 is 12.3 Å². The number of nitrogens with two attached hydrogens (primary N) is 1. The van der Waals surface area contributed by atoms with Crippen LogP contribution in [0.1, 0.15) is 84.0 Å². The summed E-state index contributed by atoms with van der Waals surface area (Å²) in [5.41, 5.74) is 7.07. The normalized spacial score (nSPS) is 19.2. The van der Waals surface area contributed by atoms with E-state index in [0.29, 0.717) is 24.8 Å². The molecule has 0 amide bonds. The van der Waals surface area contributed by atoms with Gasteiger partial charge in [-0.2, -0.15) is 0 Å².